The molecule has 0 radical (unpaired) electrons. The molecule has 1 aromatic rings. The van der Waals surface area contributed by atoms with Gasteiger partial charge >= 0.3 is 0 Å². The van der Waals surface area contributed by atoms with Gasteiger partial charge < -0.3 is 10.6 Å². The van der Waals surface area contributed by atoms with Crippen LogP contribution in [0.2, 0.25) is 0 Å². The van der Waals surface area contributed by atoms with Crippen LogP contribution in [0.5, 0.6) is 0 Å². The fourth-order valence-corrected chi connectivity index (χ4v) is 1.47. The molecule has 6 heteroatoms. The molecule has 0 saturated carbocycles. The molecular formula is C12H16BrN3OS. The van der Waals surface area contributed by atoms with Crippen molar-refractivity contribution in [1.29, 1.82) is 0 Å². The van der Waals surface area contributed by atoms with Crippen LogP contribution in [0.15, 0.2) is 16.6 Å². The summed E-state index contributed by atoms with van der Waals surface area (Å²) in [5.74, 6) is 0.476. The average molecular weight is 330 g/mol. The Bertz CT molecular complexity index is 483. The average Bonchev–Trinajstić information content (AvgIpc) is 2.22. The number of carbonyl (C=O) groups excluding carboxylic acids is 1. The number of nitrogens with zero attached hydrogens (tertiary/aromatic N) is 1. The number of hydrogen-bond donors (Lipinski definition) is 2. The fourth-order valence-electron chi connectivity index (χ4n) is 1.05. The van der Waals surface area contributed by atoms with Gasteiger partial charge in [0.25, 0.3) is 0 Å². The summed E-state index contributed by atoms with van der Waals surface area (Å²) in [6, 6.07) is 3.66. The number of rotatable bonds is 1. The zero-order valence-electron chi connectivity index (χ0n) is 10.8. The Morgan fingerprint density at radius 3 is 2.50 bits per heavy atom. The molecule has 0 aliphatic rings. The Labute approximate surface area is 121 Å². The van der Waals surface area contributed by atoms with Crippen molar-refractivity contribution in [1.82, 2.24) is 10.3 Å². The van der Waals surface area contributed by atoms with E-state index in [1.165, 1.54) is 0 Å². The third-order valence-corrected chi connectivity index (χ3v) is 3.21. The van der Waals surface area contributed by atoms with Gasteiger partial charge in [-0.25, -0.2) is 4.98 Å². The molecule has 0 atom stereocenters. The highest BCUT2D eigenvalue weighted by Gasteiger charge is 2.22. The lowest BCUT2D eigenvalue weighted by atomic mass is 9.96. The van der Waals surface area contributed by atoms with Crippen LogP contribution >= 0.6 is 28.1 Å². The van der Waals surface area contributed by atoms with E-state index < -0.39 is 5.41 Å². The smallest absolute Gasteiger partial charge is 0.231 e. The highest BCUT2D eigenvalue weighted by atomic mass is 79.9. The molecule has 1 amide bonds. The molecule has 1 aromatic heterocycles. The lowest BCUT2D eigenvalue weighted by molar-refractivity contribution is -0.126. The Hall–Kier alpha value is -1.01. The van der Waals surface area contributed by atoms with Gasteiger partial charge in [0, 0.05) is 9.89 Å². The van der Waals surface area contributed by atoms with Crippen molar-refractivity contribution in [3.8, 4) is 0 Å². The number of nitrogens with one attached hydrogen (secondary N) is 2. The van der Waals surface area contributed by atoms with Crippen LogP contribution in [0.1, 0.15) is 26.5 Å². The summed E-state index contributed by atoms with van der Waals surface area (Å²) in [6.07, 6.45) is 0. The second-order valence-corrected chi connectivity index (χ2v) is 6.18. The summed E-state index contributed by atoms with van der Waals surface area (Å²) in [4.78, 5) is 16.0. The van der Waals surface area contributed by atoms with E-state index >= 15 is 0 Å². The number of aromatic nitrogens is 1. The van der Waals surface area contributed by atoms with Crippen LogP contribution < -0.4 is 10.6 Å². The molecule has 0 fully saturated rings. The van der Waals surface area contributed by atoms with Crippen molar-refractivity contribution in [3.05, 3.63) is 22.3 Å². The minimum Gasteiger partial charge on any atom is -0.317 e. The molecular weight excluding hydrogens is 314 g/mol. The molecule has 0 unspecified atom stereocenters. The molecule has 0 saturated heterocycles. The quantitative estimate of drug-likeness (QED) is 0.777. The second kappa shape index (κ2) is 5.75. The van der Waals surface area contributed by atoms with Gasteiger partial charge in [0.2, 0.25) is 5.91 Å². The van der Waals surface area contributed by atoms with Crippen molar-refractivity contribution in [2.45, 2.75) is 27.7 Å². The molecule has 1 rings (SSSR count). The first-order valence-corrected chi connectivity index (χ1v) is 6.66. The highest BCUT2D eigenvalue weighted by molar-refractivity contribution is 9.10. The first kappa shape index (κ1) is 15.0. The van der Waals surface area contributed by atoms with Gasteiger partial charge in [0.05, 0.1) is 5.69 Å². The van der Waals surface area contributed by atoms with Crippen LogP contribution in [0.25, 0.3) is 0 Å². The Kier molecular flexibility index (Phi) is 4.81. The summed E-state index contributed by atoms with van der Waals surface area (Å²) in [5.41, 5.74) is 0.374. The van der Waals surface area contributed by atoms with Gasteiger partial charge in [-0.05, 0) is 47.2 Å². The normalized spacial score (nSPS) is 10.9. The number of carbonyl (C=O) groups is 1. The zero-order valence-corrected chi connectivity index (χ0v) is 13.2. The molecule has 0 bridgehead atoms. The van der Waals surface area contributed by atoms with Gasteiger partial charge in [-0.2, -0.15) is 0 Å². The van der Waals surface area contributed by atoms with Gasteiger partial charge in [0.1, 0.15) is 5.82 Å². The summed E-state index contributed by atoms with van der Waals surface area (Å²) in [6.45, 7) is 7.36. The SMILES string of the molecule is Cc1nc(NC(=S)NC(=O)C(C)(C)C)ccc1Br. The summed E-state index contributed by atoms with van der Waals surface area (Å²) in [5, 5.41) is 5.77. The molecule has 18 heavy (non-hydrogen) atoms. The zero-order chi connectivity index (χ0) is 13.9. The first-order chi connectivity index (χ1) is 8.20. The van der Waals surface area contributed by atoms with Gasteiger partial charge in [-0.15, -0.1) is 0 Å². The van der Waals surface area contributed by atoms with Crippen LogP contribution in [-0.4, -0.2) is 16.0 Å². The number of halogens is 1. The highest BCUT2D eigenvalue weighted by Crippen LogP contribution is 2.16. The van der Waals surface area contributed by atoms with Crippen LogP contribution in [0, 0.1) is 12.3 Å². The minimum atomic E-state index is -0.477. The third kappa shape index (κ3) is 4.34. The molecule has 4 nitrogen and oxygen atoms in total. The number of anilines is 1. The van der Waals surface area contributed by atoms with E-state index in [-0.39, 0.29) is 11.0 Å². The van der Waals surface area contributed by atoms with Gasteiger partial charge in [0.15, 0.2) is 5.11 Å². The fraction of sp³-hybridized carbons (Fsp3) is 0.417. The largest absolute Gasteiger partial charge is 0.317 e. The van der Waals surface area contributed by atoms with Gasteiger partial charge in [-0.1, -0.05) is 20.8 Å². The molecule has 2 N–H and O–H groups in total. The van der Waals surface area contributed by atoms with Crippen molar-refractivity contribution in [3.63, 3.8) is 0 Å². The maximum Gasteiger partial charge on any atom is 0.231 e. The molecule has 0 spiro atoms. The van der Waals surface area contributed by atoms with E-state index in [0.29, 0.717) is 5.82 Å². The van der Waals surface area contributed by atoms with Crippen molar-refractivity contribution < 1.29 is 4.79 Å². The summed E-state index contributed by atoms with van der Waals surface area (Å²) >= 11 is 8.43. The summed E-state index contributed by atoms with van der Waals surface area (Å²) in [7, 11) is 0. The monoisotopic (exact) mass is 329 g/mol. The lowest BCUT2D eigenvalue weighted by Crippen LogP contribution is -2.41. The van der Waals surface area contributed by atoms with Crippen LogP contribution in [0.4, 0.5) is 5.82 Å². The minimum absolute atomic E-state index is 0.131. The maximum atomic E-state index is 11.7. The van der Waals surface area contributed by atoms with E-state index in [4.69, 9.17) is 12.2 Å². The standard InChI is InChI=1S/C12H16BrN3OS/c1-7-8(13)5-6-9(14-7)15-11(18)16-10(17)12(2,3)4/h5-6H,1-4H3,(H2,14,15,16,17,18). The Balaban J connectivity index is 2.65. The van der Waals surface area contributed by atoms with Crippen molar-refractivity contribution in [2.24, 2.45) is 5.41 Å². The van der Waals surface area contributed by atoms with Gasteiger partial charge in [-0.3, -0.25) is 4.79 Å². The second-order valence-electron chi connectivity index (χ2n) is 4.92. The first-order valence-electron chi connectivity index (χ1n) is 5.46. The number of thiocarbonyl (C=S) groups is 1. The van der Waals surface area contributed by atoms with E-state index in [1.54, 1.807) is 6.07 Å². The Morgan fingerprint density at radius 2 is 2.00 bits per heavy atom. The molecule has 0 aliphatic carbocycles. The number of hydrogen-bond acceptors (Lipinski definition) is 3. The van der Waals surface area contributed by atoms with E-state index in [2.05, 4.69) is 31.5 Å². The van der Waals surface area contributed by atoms with E-state index in [9.17, 15) is 4.79 Å². The third-order valence-electron chi connectivity index (χ3n) is 2.17. The summed E-state index contributed by atoms with van der Waals surface area (Å²) < 4.78 is 0.928. The molecule has 0 aliphatic heterocycles. The molecule has 0 aromatic carbocycles. The van der Waals surface area contributed by atoms with Crippen LogP contribution in [0.3, 0.4) is 0 Å². The van der Waals surface area contributed by atoms with Crippen molar-refractivity contribution in [2.75, 3.05) is 5.32 Å². The Morgan fingerprint density at radius 1 is 1.39 bits per heavy atom. The number of aryl methyl sites for hydroxylation is 1. The van der Waals surface area contributed by atoms with E-state index in [1.807, 2.05) is 33.8 Å². The van der Waals surface area contributed by atoms with E-state index in [0.717, 1.165) is 10.2 Å². The van der Waals surface area contributed by atoms with Crippen LogP contribution in [-0.2, 0) is 4.79 Å². The molecule has 1 heterocycles. The lowest BCUT2D eigenvalue weighted by Gasteiger charge is -2.18. The van der Waals surface area contributed by atoms with Crippen molar-refractivity contribution >= 4 is 45.0 Å². The topological polar surface area (TPSA) is 54.0 Å². The maximum absolute atomic E-state index is 11.7. The molecule has 98 valence electrons. The predicted octanol–water partition coefficient (Wildman–Crippen LogP) is 3.01. The number of pyridine rings is 1. The number of amides is 1. The predicted molar refractivity (Wildman–Crippen MR) is 80.5 cm³/mol.